The molecule has 0 radical (unpaired) electrons. The minimum Gasteiger partial charge on any atom is -0.423 e. The third-order valence-corrected chi connectivity index (χ3v) is 2.82. The second-order valence-corrected chi connectivity index (χ2v) is 4.34. The zero-order valence-electron chi connectivity index (χ0n) is 11.1. The monoisotopic (exact) mass is 279 g/mol. The van der Waals surface area contributed by atoms with E-state index >= 15 is 0 Å². The Hall–Kier alpha value is -3.08. The molecule has 5 nitrogen and oxygen atoms in total. The van der Waals surface area contributed by atoms with E-state index in [4.69, 9.17) is 4.42 Å². The first-order valence-electron chi connectivity index (χ1n) is 6.45. The molecule has 104 valence electrons. The van der Waals surface area contributed by atoms with Gasteiger partial charge in [-0.15, -0.1) is 0 Å². The number of rotatable bonds is 3. The average molecular weight is 279 g/mol. The van der Waals surface area contributed by atoms with Crippen molar-refractivity contribution in [3.63, 3.8) is 0 Å². The molecule has 2 amide bonds. The largest absolute Gasteiger partial charge is 0.423 e. The highest BCUT2D eigenvalue weighted by atomic mass is 16.4. The molecule has 0 saturated carbocycles. The van der Waals surface area contributed by atoms with Crippen LogP contribution in [-0.4, -0.2) is 11.0 Å². The van der Waals surface area contributed by atoms with Crippen LogP contribution in [0.4, 0.5) is 16.5 Å². The number of anilines is 2. The molecular formula is C16H13N3O2. The van der Waals surface area contributed by atoms with Gasteiger partial charge in [-0.1, -0.05) is 48.5 Å². The lowest BCUT2D eigenvalue weighted by atomic mass is 10.2. The summed E-state index contributed by atoms with van der Waals surface area (Å²) in [6.45, 7) is 0. The fourth-order valence-corrected chi connectivity index (χ4v) is 1.85. The SMILES string of the molecule is O=C(Nc1ccccc1)Nc1ncc(-c2ccccc2)o1. The van der Waals surface area contributed by atoms with Crippen LogP contribution in [0.5, 0.6) is 0 Å². The van der Waals surface area contributed by atoms with E-state index in [0.29, 0.717) is 11.4 Å². The van der Waals surface area contributed by atoms with Crippen molar-refractivity contribution >= 4 is 17.7 Å². The standard InChI is InChI=1S/C16H13N3O2/c20-15(18-13-9-5-2-6-10-13)19-16-17-11-14(21-16)12-7-3-1-4-8-12/h1-11H,(H2,17,18,19,20). The molecule has 0 saturated heterocycles. The van der Waals surface area contributed by atoms with Crippen molar-refractivity contribution in [3.05, 3.63) is 66.9 Å². The summed E-state index contributed by atoms with van der Waals surface area (Å²) in [5, 5.41) is 5.24. The Morgan fingerprint density at radius 1 is 0.905 bits per heavy atom. The molecule has 0 unspecified atom stereocenters. The molecule has 0 aliphatic carbocycles. The van der Waals surface area contributed by atoms with Crippen molar-refractivity contribution in [1.82, 2.24) is 4.98 Å². The molecule has 0 spiro atoms. The second-order valence-electron chi connectivity index (χ2n) is 4.34. The number of urea groups is 1. The quantitative estimate of drug-likeness (QED) is 0.761. The van der Waals surface area contributed by atoms with Crippen LogP contribution in [0.2, 0.25) is 0 Å². The highest BCUT2D eigenvalue weighted by molar-refractivity contribution is 5.98. The van der Waals surface area contributed by atoms with Crippen molar-refractivity contribution in [1.29, 1.82) is 0 Å². The van der Waals surface area contributed by atoms with Crippen LogP contribution in [0.25, 0.3) is 11.3 Å². The van der Waals surface area contributed by atoms with Crippen molar-refractivity contribution in [2.45, 2.75) is 0 Å². The van der Waals surface area contributed by atoms with Crippen LogP contribution in [0, 0.1) is 0 Å². The fourth-order valence-electron chi connectivity index (χ4n) is 1.85. The number of carbonyl (C=O) groups is 1. The van der Waals surface area contributed by atoms with Crippen LogP contribution >= 0.6 is 0 Å². The molecule has 0 bridgehead atoms. The first-order valence-corrected chi connectivity index (χ1v) is 6.45. The highest BCUT2D eigenvalue weighted by Crippen LogP contribution is 2.21. The van der Waals surface area contributed by atoms with Gasteiger partial charge in [-0.3, -0.25) is 5.32 Å². The molecule has 3 rings (SSSR count). The summed E-state index contributed by atoms with van der Waals surface area (Å²) in [5.41, 5.74) is 1.60. The van der Waals surface area contributed by atoms with E-state index in [9.17, 15) is 4.79 Å². The minimum absolute atomic E-state index is 0.155. The van der Waals surface area contributed by atoms with Gasteiger partial charge in [0.15, 0.2) is 5.76 Å². The number of para-hydroxylation sites is 1. The smallest absolute Gasteiger partial charge is 0.327 e. The van der Waals surface area contributed by atoms with Gasteiger partial charge in [-0.05, 0) is 12.1 Å². The Bertz CT molecular complexity index is 724. The lowest BCUT2D eigenvalue weighted by Gasteiger charge is -2.04. The number of hydrogen-bond donors (Lipinski definition) is 2. The normalized spacial score (nSPS) is 10.1. The molecule has 1 heterocycles. The van der Waals surface area contributed by atoms with Crippen molar-refractivity contribution in [2.75, 3.05) is 10.6 Å². The Kier molecular flexibility index (Phi) is 3.64. The second kappa shape index (κ2) is 5.92. The number of nitrogens with zero attached hydrogens (tertiary/aromatic N) is 1. The van der Waals surface area contributed by atoms with Crippen LogP contribution in [-0.2, 0) is 0 Å². The van der Waals surface area contributed by atoms with Crippen LogP contribution < -0.4 is 10.6 Å². The van der Waals surface area contributed by atoms with E-state index in [1.807, 2.05) is 48.5 Å². The number of benzene rings is 2. The lowest BCUT2D eigenvalue weighted by Crippen LogP contribution is -2.19. The lowest BCUT2D eigenvalue weighted by molar-refractivity contribution is 0.261. The Labute approximate surface area is 121 Å². The predicted molar refractivity (Wildman–Crippen MR) is 81.0 cm³/mol. The Balaban J connectivity index is 1.66. The zero-order valence-corrected chi connectivity index (χ0v) is 11.1. The van der Waals surface area contributed by atoms with Gasteiger partial charge < -0.3 is 9.73 Å². The molecule has 3 aromatic rings. The van der Waals surface area contributed by atoms with Gasteiger partial charge in [0.1, 0.15) is 0 Å². The number of aromatic nitrogens is 1. The Morgan fingerprint density at radius 2 is 1.57 bits per heavy atom. The summed E-state index contributed by atoms with van der Waals surface area (Å²) in [6.07, 6.45) is 1.58. The van der Waals surface area contributed by atoms with E-state index in [1.54, 1.807) is 18.3 Å². The van der Waals surface area contributed by atoms with E-state index < -0.39 is 6.03 Å². The number of oxazole rings is 1. The third-order valence-electron chi connectivity index (χ3n) is 2.82. The molecule has 0 fully saturated rings. The maximum absolute atomic E-state index is 11.8. The van der Waals surface area contributed by atoms with Gasteiger partial charge in [-0.2, -0.15) is 0 Å². The summed E-state index contributed by atoms with van der Waals surface area (Å²) in [7, 11) is 0. The van der Waals surface area contributed by atoms with Gasteiger partial charge >= 0.3 is 12.0 Å². The molecule has 1 aromatic heterocycles. The summed E-state index contributed by atoms with van der Waals surface area (Å²) in [6, 6.07) is 18.5. The van der Waals surface area contributed by atoms with Crippen LogP contribution in [0.1, 0.15) is 0 Å². The minimum atomic E-state index is -0.400. The predicted octanol–water partition coefficient (Wildman–Crippen LogP) is 3.99. The van der Waals surface area contributed by atoms with Gasteiger partial charge in [0.2, 0.25) is 0 Å². The molecule has 0 aliphatic heterocycles. The molecule has 2 N–H and O–H groups in total. The van der Waals surface area contributed by atoms with E-state index in [1.165, 1.54) is 0 Å². The highest BCUT2D eigenvalue weighted by Gasteiger charge is 2.09. The maximum Gasteiger partial charge on any atom is 0.327 e. The summed E-state index contributed by atoms with van der Waals surface area (Å²) < 4.78 is 5.49. The number of hydrogen-bond acceptors (Lipinski definition) is 3. The summed E-state index contributed by atoms with van der Waals surface area (Å²) >= 11 is 0. The molecule has 21 heavy (non-hydrogen) atoms. The number of amides is 2. The first kappa shape index (κ1) is 12.9. The van der Waals surface area contributed by atoms with Crippen molar-refractivity contribution in [2.24, 2.45) is 0 Å². The van der Waals surface area contributed by atoms with Gasteiger partial charge in [0.25, 0.3) is 0 Å². The maximum atomic E-state index is 11.8. The zero-order chi connectivity index (χ0) is 14.5. The summed E-state index contributed by atoms with van der Waals surface area (Å²) in [5.74, 6) is 0.602. The molecule has 0 atom stereocenters. The van der Waals surface area contributed by atoms with Gasteiger partial charge in [-0.25, -0.2) is 9.78 Å². The first-order chi connectivity index (χ1) is 10.3. The van der Waals surface area contributed by atoms with E-state index in [0.717, 1.165) is 5.56 Å². The average Bonchev–Trinajstić information content (AvgIpc) is 2.97. The van der Waals surface area contributed by atoms with Crippen molar-refractivity contribution < 1.29 is 9.21 Å². The molecule has 2 aromatic carbocycles. The molecule has 0 aliphatic rings. The molecular weight excluding hydrogens is 266 g/mol. The number of nitrogens with one attached hydrogen (secondary N) is 2. The van der Waals surface area contributed by atoms with Crippen LogP contribution in [0.15, 0.2) is 71.3 Å². The third kappa shape index (κ3) is 3.27. The van der Waals surface area contributed by atoms with Crippen molar-refractivity contribution in [3.8, 4) is 11.3 Å². The Morgan fingerprint density at radius 3 is 2.29 bits per heavy atom. The van der Waals surface area contributed by atoms with Gasteiger partial charge in [0.05, 0.1) is 6.20 Å². The van der Waals surface area contributed by atoms with E-state index in [2.05, 4.69) is 15.6 Å². The number of carbonyl (C=O) groups excluding carboxylic acids is 1. The van der Waals surface area contributed by atoms with Crippen LogP contribution in [0.3, 0.4) is 0 Å². The molecule has 5 heteroatoms. The van der Waals surface area contributed by atoms with Gasteiger partial charge in [0, 0.05) is 11.3 Å². The topological polar surface area (TPSA) is 67.2 Å². The van der Waals surface area contributed by atoms with E-state index in [-0.39, 0.29) is 6.01 Å². The summed E-state index contributed by atoms with van der Waals surface area (Å²) in [4.78, 5) is 15.8. The fraction of sp³-hybridized carbons (Fsp3) is 0.